The molecule has 0 spiro atoms. The molecule has 2 rings (SSSR count). The van der Waals surface area contributed by atoms with Gasteiger partial charge in [0.25, 0.3) is 0 Å². The van der Waals surface area contributed by atoms with Gasteiger partial charge in [-0.05, 0) is 87.5 Å². The van der Waals surface area contributed by atoms with Crippen molar-refractivity contribution in [2.24, 2.45) is 22.9 Å². The van der Waals surface area contributed by atoms with Gasteiger partial charge in [0.15, 0.2) is 0 Å². The molecular weight excluding hydrogens is 1160 g/mol. The largest absolute Gasteiger partial charge is 0.508 e. The molecule has 0 saturated carbocycles. The minimum absolute atomic E-state index is 0.0116. The van der Waals surface area contributed by atoms with Crippen LogP contribution in [0, 0.1) is 0 Å². The quantitative estimate of drug-likeness (QED) is 0.0177. The van der Waals surface area contributed by atoms with Gasteiger partial charge in [0.1, 0.15) is 47.0 Å². The molecule has 0 radical (unpaired) electrons. The molecule has 0 heterocycles. The van der Waals surface area contributed by atoms with Crippen molar-refractivity contribution in [1.82, 2.24) is 63.8 Å². The number of hydrogen-bond acceptors (Lipinski definition) is 20. The number of aromatic hydroxyl groups is 2. The Kier molecular flexibility index (Phi) is 37.7. The number of benzene rings is 2. The van der Waals surface area contributed by atoms with Gasteiger partial charge in [0, 0.05) is 115 Å². The van der Waals surface area contributed by atoms with Gasteiger partial charge in [-0.1, -0.05) is 44.0 Å². The summed E-state index contributed by atoms with van der Waals surface area (Å²) in [5.74, 6) is -4.27. The Labute approximate surface area is 520 Å². The van der Waals surface area contributed by atoms with Crippen LogP contribution in [0.5, 0.6) is 11.5 Å². The van der Waals surface area contributed by atoms with Gasteiger partial charge >= 0.3 is 0 Å². The van der Waals surface area contributed by atoms with Crippen LogP contribution in [0.2, 0.25) is 0 Å². The number of nitrogens with one attached hydrogen (secondary N) is 12. The fourth-order valence-electron chi connectivity index (χ4n) is 8.68. The Morgan fingerprint density at radius 1 is 0.483 bits per heavy atom. The Balaban J connectivity index is 1.83. The summed E-state index contributed by atoms with van der Waals surface area (Å²) in [7, 11) is 1.65. The fraction of sp³-hybridized carbons (Fsp3) is 0.614. The van der Waals surface area contributed by atoms with Crippen molar-refractivity contribution in [3.05, 3.63) is 59.7 Å². The van der Waals surface area contributed by atoms with E-state index in [-0.39, 0.29) is 144 Å². The van der Waals surface area contributed by atoms with E-state index in [1.807, 2.05) is 6.92 Å². The highest BCUT2D eigenvalue weighted by Crippen LogP contribution is 2.14. The molecule has 0 fully saturated rings. The Hall–Kier alpha value is -6.80. The van der Waals surface area contributed by atoms with Crippen LogP contribution in [0.25, 0.3) is 0 Å². The fourth-order valence-corrected chi connectivity index (χ4v) is 9.22. The van der Waals surface area contributed by atoms with Crippen molar-refractivity contribution in [2.45, 2.75) is 145 Å². The lowest BCUT2D eigenvalue weighted by molar-refractivity contribution is -0.129. The molecule has 0 aromatic heterocycles. The van der Waals surface area contributed by atoms with Gasteiger partial charge in [0.05, 0.1) is 0 Å². The van der Waals surface area contributed by atoms with E-state index in [0.29, 0.717) is 69.3 Å². The van der Waals surface area contributed by atoms with Crippen molar-refractivity contribution in [1.29, 1.82) is 0 Å². The number of phenols is 2. The number of nitrogens with two attached hydrogens (primary N) is 4. The van der Waals surface area contributed by atoms with Crippen LogP contribution in [0.15, 0.2) is 48.5 Å². The van der Waals surface area contributed by atoms with Crippen LogP contribution in [0.1, 0.15) is 108 Å². The van der Waals surface area contributed by atoms with Crippen molar-refractivity contribution in [2.75, 3.05) is 77.5 Å². The first-order valence-corrected chi connectivity index (χ1v) is 30.8. The molecule has 30 heteroatoms. The number of carbonyl (C=O) groups is 10. The lowest BCUT2D eigenvalue weighted by Crippen LogP contribution is -2.67. The van der Waals surface area contributed by atoms with Crippen LogP contribution >= 0.6 is 25.3 Å². The van der Waals surface area contributed by atoms with Gasteiger partial charge in [-0.25, -0.2) is 0 Å². The lowest BCUT2D eigenvalue weighted by atomic mass is 10.0. The molecule has 28 nitrogen and oxygen atoms in total. The molecule has 488 valence electrons. The number of phenolic OH excluding ortho intramolecular Hbond substituents is 2. The minimum atomic E-state index is -1.22. The third kappa shape index (κ3) is 33.2. The average Bonchev–Trinajstić information content (AvgIpc) is 3.60. The molecule has 2 aromatic carbocycles. The highest BCUT2D eigenvalue weighted by Gasteiger charge is 2.30. The van der Waals surface area contributed by atoms with Crippen LogP contribution in [0.4, 0.5) is 0 Å². The maximum Gasteiger partial charge on any atom is 0.242 e. The number of amides is 10. The number of likely N-dealkylation sites (N-methyl/N-ethyl adjacent to an activating group) is 2. The summed E-state index contributed by atoms with van der Waals surface area (Å²) >= 11 is 8.04. The SMILES string of the molecule is CCNC[C@@](N)(CNCCNC[C@](CN)(NC)NC(=O)CCCC(=O)N[C@@H](Cc1ccc(O)cc1)C(=O)NCCCCCC(=O)N[C@@H](CS)C(N)=O)NC(=O)CCCC(=O)N[C@@H](Cc1ccc(O)cc1)C(=O)NCCCCCC(=O)N[C@@H](CS)C(N)=O. The maximum absolute atomic E-state index is 13.3. The van der Waals surface area contributed by atoms with Crippen molar-refractivity contribution in [3.63, 3.8) is 0 Å². The van der Waals surface area contributed by atoms with E-state index in [0.717, 1.165) is 0 Å². The molecule has 0 aliphatic rings. The van der Waals surface area contributed by atoms with E-state index in [9.17, 15) is 58.2 Å². The normalized spacial score (nSPS) is 13.9. The van der Waals surface area contributed by atoms with Crippen LogP contribution < -0.4 is 86.7 Å². The number of primary amides is 2. The third-order valence-electron chi connectivity index (χ3n) is 13.8. The average molecular weight is 1260 g/mol. The van der Waals surface area contributed by atoms with E-state index in [4.69, 9.17) is 22.9 Å². The molecule has 22 N–H and O–H groups in total. The molecule has 6 atom stereocenters. The maximum atomic E-state index is 13.3. The standard InChI is InChI=1S/C57H96N16O12S2/c1-3-63-35-56(61,72-50(80)16-10-14-48(78)68-42(30-38-18-22-40(74)23-19-38)54(84)66-26-8-4-6-12-46(76)70-44(32-86)52(59)82)36-64-28-29-65-37-57(34-58,62-2)73-51(81)17-11-15-49(79)69-43(31-39-20-24-41(75)25-21-39)55(85)67-27-9-5-7-13-47(77)71-45(33-87)53(60)83/h18-25,42-45,62-65,74-75,86-87H,3-17,26-37,58,61H2,1-2H3,(H2,59,82)(H2,60,83)(H,66,84)(H,67,85)(H,68,78)(H,69,79)(H,70,76)(H,71,77)(H,72,80)(H,73,81)/t42-,43-,44-,45-,56-,57+/m0/s1. The lowest BCUT2D eigenvalue weighted by Gasteiger charge is -2.34. The summed E-state index contributed by atoms with van der Waals surface area (Å²) in [6, 6.07) is 8.85. The van der Waals surface area contributed by atoms with E-state index >= 15 is 0 Å². The number of unbranched alkanes of at least 4 members (excludes halogenated alkanes) is 4. The molecule has 0 unspecified atom stereocenters. The monoisotopic (exact) mass is 1260 g/mol. The topological polar surface area (TPSA) is 460 Å². The zero-order chi connectivity index (χ0) is 64.6. The van der Waals surface area contributed by atoms with Crippen LogP contribution in [-0.2, 0) is 60.8 Å². The van der Waals surface area contributed by atoms with E-state index < -0.39 is 76.8 Å². The predicted octanol–water partition coefficient (Wildman–Crippen LogP) is -3.10. The first kappa shape index (κ1) is 76.3. The third-order valence-corrected chi connectivity index (χ3v) is 14.5. The van der Waals surface area contributed by atoms with E-state index in [2.05, 4.69) is 89.1 Å². The summed E-state index contributed by atoms with van der Waals surface area (Å²) in [5.41, 5.74) is 22.5. The van der Waals surface area contributed by atoms with Crippen molar-refractivity contribution < 1.29 is 58.2 Å². The van der Waals surface area contributed by atoms with Crippen molar-refractivity contribution >= 4 is 84.3 Å². The zero-order valence-electron chi connectivity index (χ0n) is 50.2. The van der Waals surface area contributed by atoms with Gasteiger partial charge in [-0.2, -0.15) is 25.3 Å². The highest BCUT2D eigenvalue weighted by molar-refractivity contribution is 7.80. The van der Waals surface area contributed by atoms with Gasteiger partial charge < -0.3 is 91.6 Å². The first-order valence-electron chi connectivity index (χ1n) is 29.5. The van der Waals surface area contributed by atoms with E-state index in [1.54, 1.807) is 31.3 Å². The summed E-state index contributed by atoms with van der Waals surface area (Å²) in [6.07, 6.45) is 4.02. The van der Waals surface area contributed by atoms with Gasteiger partial charge in [0.2, 0.25) is 59.1 Å². The van der Waals surface area contributed by atoms with E-state index in [1.165, 1.54) is 24.3 Å². The molecule has 0 aliphatic heterocycles. The summed E-state index contributed by atoms with van der Waals surface area (Å²) in [5, 5.41) is 54.4. The molecule has 10 amide bonds. The van der Waals surface area contributed by atoms with Gasteiger partial charge in [-0.15, -0.1) is 0 Å². The Bertz CT molecular complexity index is 2460. The molecule has 87 heavy (non-hydrogen) atoms. The minimum Gasteiger partial charge on any atom is -0.508 e. The van der Waals surface area contributed by atoms with Gasteiger partial charge in [-0.3, -0.25) is 53.3 Å². The van der Waals surface area contributed by atoms with Crippen molar-refractivity contribution in [3.8, 4) is 11.5 Å². The summed E-state index contributed by atoms with van der Waals surface area (Å²) < 4.78 is 0. The Morgan fingerprint density at radius 3 is 1.23 bits per heavy atom. The number of thiol groups is 2. The molecule has 0 aliphatic carbocycles. The van der Waals surface area contributed by atoms with Crippen LogP contribution in [-0.4, -0.2) is 182 Å². The zero-order valence-corrected chi connectivity index (χ0v) is 52.0. The summed E-state index contributed by atoms with van der Waals surface area (Å²) in [4.78, 5) is 127. The highest BCUT2D eigenvalue weighted by atomic mass is 32.1. The Morgan fingerprint density at radius 2 is 0.851 bits per heavy atom. The first-order chi connectivity index (χ1) is 41.5. The predicted molar refractivity (Wildman–Crippen MR) is 336 cm³/mol. The molecule has 2 aromatic rings. The molecule has 0 bridgehead atoms. The molecular formula is C57H96N16O12S2. The molecule has 0 saturated heterocycles. The smallest absolute Gasteiger partial charge is 0.242 e. The number of rotatable bonds is 48. The second-order valence-corrected chi connectivity index (χ2v) is 22.0. The second kappa shape index (κ2) is 42.9. The second-order valence-electron chi connectivity index (χ2n) is 21.2. The summed E-state index contributed by atoms with van der Waals surface area (Å²) in [6.45, 7) is 4.43. The number of carbonyl (C=O) groups excluding carboxylic acids is 10. The van der Waals surface area contributed by atoms with Crippen LogP contribution in [0.3, 0.4) is 0 Å². The number of hydrogen-bond donors (Lipinski definition) is 20.